The maximum absolute atomic E-state index is 13.0. The average molecular weight is 865 g/mol. The van der Waals surface area contributed by atoms with Crippen LogP contribution in [0.5, 0.6) is 0 Å². The number of benzene rings is 2. The number of fused-ring (bicyclic) bond motifs is 1. The summed E-state index contributed by atoms with van der Waals surface area (Å²) in [6.07, 6.45) is 7.52. The second-order valence-corrected chi connectivity index (χ2v) is 18.5. The molecule has 3 N–H and O–H groups in total. The Bertz CT molecular complexity index is 2770. The van der Waals surface area contributed by atoms with Gasteiger partial charge in [-0.2, -0.15) is 10.1 Å². The van der Waals surface area contributed by atoms with Crippen molar-refractivity contribution in [2.45, 2.75) is 78.7 Å². The van der Waals surface area contributed by atoms with E-state index in [-0.39, 0.29) is 29.3 Å². The molecular formula is C48H56N12O4. The van der Waals surface area contributed by atoms with Gasteiger partial charge in [-0.1, -0.05) is 44.1 Å². The van der Waals surface area contributed by atoms with Gasteiger partial charge in [0.2, 0.25) is 5.91 Å². The second-order valence-electron chi connectivity index (χ2n) is 18.5. The van der Waals surface area contributed by atoms with Gasteiger partial charge in [-0.05, 0) is 99.0 Å². The number of hydrogen-bond acceptors (Lipinski definition) is 11. The molecule has 1 atom stereocenters. The Hall–Kier alpha value is -6.68. The summed E-state index contributed by atoms with van der Waals surface area (Å²) in [6, 6.07) is 15.7. The number of urea groups is 1. The first-order valence-corrected chi connectivity index (χ1v) is 22.2. The summed E-state index contributed by atoms with van der Waals surface area (Å²) >= 11 is 0. The van der Waals surface area contributed by atoms with E-state index >= 15 is 0 Å². The van der Waals surface area contributed by atoms with Crippen LogP contribution in [-0.2, 0) is 17.3 Å². The van der Waals surface area contributed by atoms with Gasteiger partial charge in [-0.3, -0.25) is 29.4 Å². The van der Waals surface area contributed by atoms with Crippen molar-refractivity contribution in [3.63, 3.8) is 0 Å². The van der Waals surface area contributed by atoms with Gasteiger partial charge in [0.05, 0.1) is 23.1 Å². The molecule has 3 aliphatic heterocycles. The van der Waals surface area contributed by atoms with Crippen LogP contribution in [0.1, 0.15) is 98.3 Å². The van der Waals surface area contributed by atoms with E-state index < -0.39 is 5.91 Å². The standard InChI is InChI=1S/C48H56N12O4/c1-28-24-33(8-13-36(28)30(3)51-44(62)45-54-46(56-64-45)48(4,5)6)41-37-25-38(52-43(37)50-27-49-41)40-29(2)42(57(7)55-40)32-16-19-58(20-17-32)26-31-14-21-59(22-15-31)34-9-11-35(12-10-34)60-23-18-39(61)53-47(60)63/h8-13,16,24-25,27,30-31H,14-15,17-23,26H2,1-7H3,(H,51,62)(H,49,50,52)(H,53,61,63)/t30-/m1/s1. The third-order valence-corrected chi connectivity index (χ3v) is 12.9. The number of hydrogen-bond donors (Lipinski definition) is 3. The summed E-state index contributed by atoms with van der Waals surface area (Å²) in [5.41, 5.74) is 11.5. The van der Waals surface area contributed by atoms with Crippen LogP contribution >= 0.6 is 0 Å². The molecule has 3 aliphatic rings. The number of nitrogens with one attached hydrogen (secondary N) is 3. The summed E-state index contributed by atoms with van der Waals surface area (Å²) in [5.74, 6) is 0.441. The van der Waals surface area contributed by atoms with Crippen molar-refractivity contribution in [1.29, 1.82) is 0 Å². The molecule has 332 valence electrons. The minimum Gasteiger partial charge on any atom is -0.372 e. The van der Waals surface area contributed by atoms with Crippen molar-refractivity contribution in [1.82, 2.24) is 50.4 Å². The number of aromatic amines is 1. The van der Waals surface area contributed by atoms with Gasteiger partial charge in [0, 0.05) is 86.0 Å². The third kappa shape index (κ3) is 8.53. The highest BCUT2D eigenvalue weighted by atomic mass is 16.5. The fourth-order valence-corrected chi connectivity index (χ4v) is 9.38. The highest BCUT2D eigenvalue weighted by molar-refractivity contribution is 6.05. The van der Waals surface area contributed by atoms with Crippen LogP contribution in [0.2, 0.25) is 0 Å². The predicted molar refractivity (Wildman–Crippen MR) is 246 cm³/mol. The Morgan fingerprint density at radius 2 is 1.72 bits per heavy atom. The summed E-state index contributed by atoms with van der Waals surface area (Å²) in [6.45, 7) is 17.5. The van der Waals surface area contributed by atoms with E-state index in [1.165, 1.54) is 11.3 Å². The van der Waals surface area contributed by atoms with Crippen LogP contribution in [0.25, 0.3) is 39.3 Å². The lowest BCUT2D eigenvalue weighted by Gasteiger charge is -2.37. The molecule has 0 aliphatic carbocycles. The lowest BCUT2D eigenvalue weighted by Crippen LogP contribution is -2.49. The first-order chi connectivity index (χ1) is 30.7. The van der Waals surface area contributed by atoms with Crippen LogP contribution in [0.4, 0.5) is 16.2 Å². The first kappa shape index (κ1) is 42.6. The van der Waals surface area contributed by atoms with Crippen LogP contribution in [0.3, 0.4) is 0 Å². The molecule has 0 saturated carbocycles. The molecule has 16 nitrogen and oxygen atoms in total. The molecule has 4 amide bonds. The molecule has 0 spiro atoms. The number of amides is 4. The number of carbonyl (C=O) groups is 3. The van der Waals surface area contributed by atoms with Crippen LogP contribution < -0.4 is 20.4 Å². The van der Waals surface area contributed by atoms with Crippen LogP contribution in [-0.4, -0.2) is 96.9 Å². The molecule has 0 unspecified atom stereocenters. The van der Waals surface area contributed by atoms with Gasteiger partial charge in [-0.25, -0.2) is 14.8 Å². The number of piperidine rings is 1. The van der Waals surface area contributed by atoms with Crippen molar-refractivity contribution in [3.8, 4) is 22.6 Å². The van der Waals surface area contributed by atoms with E-state index in [9.17, 15) is 14.4 Å². The zero-order chi connectivity index (χ0) is 44.9. The van der Waals surface area contributed by atoms with Crippen molar-refractivity contribution in [3.05, 3.63) is 95.0 Å². The van der Waals surface area contributed by atoms with E-state index in [1.54, 1.807) is 11.2 Å². The van der Waals surface area contributed by atoms with Crippen molar-refractivity contribution in [2.24, 2.45) is 13.0 Å². The minimum atomic E-state index is -0.413. The van der Waals surface area contributed by atoms with Gasteiger partial charge in [0.1, 0.15) is 17.7 Å². The van der Waals surface area contributed by atoms with Gasteiger partial charge < -0.3 is 19.7 Å². The fraction of sp³-hybridized carbons (Fsp3) is 0.417. The third-order valence-electron chi connectivity index (χ3n) is 12.9. The quantitative estimate of drug-likeness (QED) is 0.126. The zero-order valence-corrected chi connectivity index (χ0v) is 37.7. The van der Waals surface area contributed by atoms with Crippen molar-refractivity contribution < 1.29 is 18.9 Å². The predicted octanol–water partition coefficient (Wildman–Crippen LogP) is 7.27. The van der Waals surface area contributed by atoms with E-state index in [1.807, 2.05) is 70.6 Å². The molecule has 16 heteroatoms. The number of aromatic nitrogens is 7. The van der Waals surface area contributed by atoms with E-state index in [0.717, 1.165) is 114 Å². The molecule has 2 saturated heterocycles. The Balaban J connectivity index is 0.824. The number of anilines is 2. The highest BCUT2D eigenvalue weighted by Crippen LogP contribution is 2.36. The monoisotopic (exact) mass is 864 g/mol. The largest absolute Gasteiger partial charge is 0.372 e. The summed E-state index contributed by atoms with van der Waals surface area (Å²) in [7, 11) is 2.03. The van der Waals surface area contributed by atoms with Crippen LogP contribution in [0, 0.1) is 19.8 Å². The van der Waals surface area contributed by atoms with E-state index in [0.29, 0.717) is 24.7 Å². The maximum Gasteiger partial charge on any atom is 0.328 e. The van der Waals surface area contributed by atoms with Crippen LogP contribution in [0.15, 0.2) is 65.5 Å². The highest BCUT2D eigenvalue weighted by Gasteiger charge is 2.29. The van der Waals surface area contributed by atoms with Gasteiger partial charge in [-0.15, -0.1) is 0 Å². The second kappa shape index (κ2) is 17.1. The molecule has 6 aromatic rings. The Labute approximate surface area is 372 Å². The summed E-state index contributed by atoms with van der Waals surface area (Å²) < 4.78 is 7.27. The maximum atomic E-state index is 13.0. The van der Waals surface area contributed by atoms with E-state index in [4.69, 9.17) is 14.6 Å². The first-order valence-electron chi connectivity index (χ1n) is 22.2. The Kier molecular flexibility index (Phi) is 11.4. The lowest BCUT2D eigenvalue weighted by atomic mass is 9.94. The van der Waals surface area contributed by atoms with Gasteiger partial charge in [0.15, 0.2) is 5.82 Å². The Morgan fingerprint density at radius 3 is 2.41 bits per heavy atom. The number of rotatable bonds is 10. The number of aryl methyl sites for hydroxylation is 2. The SMILES string of the molecule is Cc1cc(-c2ncnc3[nH]c(-c4nn(C)c(C5=CCN(CC6CCN(c7ccc(N8CCC(=O)NC8=O)cc7)CC6)CC5)c4C)cc23)ccc1[C@@H](C)NC(=O)c1nc(C(C)(C)C)no1. The number of carbonyl (C=O) groups excluding carboxylic acids is 3. The molecule has 2 aromatic carbocycles. The molecule has 2 fully saturated rings. The van der Waals surface area contributed by atoms with Crippen molar-refractivity contribution >= 4 is 45.8 Å². The number of nitrogens with zero attached hydrogens (tertiary/aromatic N) is 9. The molecule has 0 radical (unpaired) electrons. The molecule has 7 heterocycles. The smallest absolute Gasteiger partial charge is 0.328 e. The topological polar surface area (TPSA) is 183 Å². The molecule has 4 aromatic heterocycles. The van der Waals surface area contributed by atoms with Crippen molar-refractivity contribution in [2.75, 3.05) is 49.1 Å². The fourth-order valence-electron chi connectivity index (χ4n) is 9.38. The zero-order valence-electron chi connectivity index (χ0n) is 37.7. The average Bonchev–Trinajstić information content (AvgIpc) is 4.02. The molecule has 9 rings (SSSR count). The molecule has 0 bridgehead atoms. The lowest BCUT2D eigenvalue weighted by molar-refractivity contribution is -0.120. The normalized spacial score (nSPS) is 17.2. The number of imide groups is 1. The van der Waals surface area contributed by atoms with Gasteiger partial charge >= 0.3 is 17.8 Å². The minimum absolute atomic E-state index is 0.0512. The molecule has 64 heavy (non-hydrogen) atoms. The number of H-pyrrole nitrogens is 1. The summed E-state index contributed by atoms with van der Waals surface area (Å²) in [5, 5.41) is 15.3. The molecular weight excluding hydrogens is 809 g/mol. The Morgan fingerprint density at radius 1 is 0.953 bits per heavy atom. The van der Waals surface area contributed by atoms with Gasteiger partial charge in [0.25, 0.3) is 0 Å². The summed E-state index contributed by atoms with van der Waals surface area (Å²) in [4.78, 5) is 60.6. The van der Waals surface area contributed by atoms with E-state index in [2.05, 4.69) is 77.8 Å².